The second kappa shape index (κ2) is 17.2. The predicted molar refractivity (Wildman–Crippen MR) is 217 cm³/mol. The lowest BCUT2D eigenvalue weighted by Crippen LogP contribution is -2.58. The van der Waals surface area contributed by atoms with Gasteiger partial charge in [-0.15, -0.1) is 0 Å². The van der Waals surface area contributed by atoms with E-state index in [0.29, 0.717) is 13.1 Å². The Labute approximate surface area is 333 Å². The van der Waals surface area contributed by atoms with Crippen LogP contribution in [0.1, 0.15) is 70.2 Å². The highest BCUT2D eigenvalue weighted by molar-refractivity contribution is 5.84. The molecule has 0 spiro atoms. The Balaban J connectivity index is 0.904. The Bertz CT molecular complexity index is 2050. The third-order valence-corrected chi connectivity index (χ3v) is 11.6. The maximum atomic E-state index is 13.9. The maximum Gasteiger partial charge on any atom is 0.243 e. The highest BCUT2D eigenvalue weighted by atomic mass is 16.9. The van der Waals surface area contributed by atoms with Crippen molar-refractivity contribution in [1.29, 1.82) is 0 Å². The molecule has 1 unspecified atom stereocenters. The summed E-state index contributed by atoms with van der Waals surface area (Å²) in [4.78, 5) is 52.4. The van der Waals surface area contributed by atoms with Gasteiger partial charge in [-0.05, 0) is 66.9 Å². The van der Waals surface area contributed by atoms with Crippen LogP contribution in [0.2, 0.25) is 0 Å². The standard InChI is InChI=1S/C43H53N9O5/c1-26(2)37(47-32-8-5-19-44-22-32)41(53)51-20-6-9-35(51)39-45-23-33(48-39)30-15-11-28(12-16-30)29-13-17-31(18-14-29)34-24-46-40(49-34)36-10-7-21-52(36)42(54)38(27(3)55-4)50-43-56-25-57-43/h5,8,11-19,23-24,26-27,32,35-38,43,47,50H,6-7,9-10,20-22,25H2,1-4H3,(H,45,48)(H,46,49)/t27-,32?,35+,36+,37+,38+/m1/s1. The van der Waals surface area contributed by atoms with Gasteiger partial charge in [0.1, 0.15) is 17.7 Å². The number of aromatic nitrogens is 4. The Morgan fingerprint density at radius 3 is 1.75 bits per heavy atom. The fourth-order valence-corrected chi connectivity index (χ4v) is 8.27. The molecule has 14 nitrogen and oxygen atoms in total. The van der Waals surface area contributed by atoms with Gasteiger partial charge in [-0.3, -0.25) is 25.2 Å². The Hall–Kier alpha value is -4.99. The third-order valence-electron chi connectivity index (χ3n) is 11.6. The van der Waals surface area contributed by atoms with Crippen molar-refractivity contribution in [3.05, 3.63) is 84.7 Å². The molecule has 0 aliphatic carbocycles. The van der Waals surface area contributed by atoms with Crippen LogP contribution in [0.15, 0.2) is 78.1 Å². The molecular formula is C43H53N9O5. The van der Waals surface area contributed by atoms with Gasteiger partial charge in [0.05, 0.1) is 54.6 Å². The average Bonchev–Trinajstić information content (AvgIpc) is 4.06. The van der Waals surface area contributed by atoms with Crippen LogP contribution in [-0.4, -0.2) is 112 Å². The van der Waals surface area contributed by atoms with Crippen LogP contribution in [0.5, 0.6) is 0 Å². The van der Waals surface area contributed by atoms with Crippen molar-refractivity contribution in [2.75, 3.05) is 33.5 Å². The van der Waals surface area contributed by atoms with Gasteiger partial charge in [0.2, 0.25) is 18.2 Å². The van der Waals surface area contributed by atoms with E-state index in [2.05, 4.69) is 94.0 Å². The minimum Gasteiger partial charge on any atom is -0.380 e. The number of aliphatic imine (C=N–C) groups is 1. The molecule has 300 valence electrons. The first-order chi connectivity index (χ1) is 27.8. The number of methoxy groups -OCH3 is 1. The summed E-state index contributed by atoms with van der Waals surface area (Å²) in [5.41, 5.74) is 6.05. The number of dihydropyridines is 1. The number of carbonyl (C=O) groups is 2. The molecule has 2 aromatic heterocycles. The van der Waals surface area contributed by atoms with E-state index in [1.165, 1.54) is 0 Å². The summed E-state index contributed by atoms with van der Waals surface area (Å²) in [6.45, 7) is 8.25. The van der Waals surface area contributed by atoms with Crippen LogP contribution in [-0.2, 0) is 23.8 Å². The minimum atomic E-state index is -0.613. The fraction of sp³-hybridized carbons (Fsp3) is 0.465. The molecule has 14 heteroatoms. The zero-order valence-corrected chi connectivity index (χ0v) is 33.1. The smallest absolute Gasteiger partial charge is 0.243 e. The normalized spacial score (nSPS) is 22.6. The van der Waals surface area contributed by atoms with E-state index in [1.54, 1.807) is 13.3 Å². The topological polar surface area (TPSA) is 162 Å². The predicted octanol–water partition coefficient (Wildman–Crippen LogP) is 5.37. The van der Waals surface area contributed by atoms with Gasteiger partial charge in [0.15, 0.2) is 6.79 Å². The molecule has 3 fully saturated rings. The van der Waals surface area contributed by atoms with Gasteiger partial charge in [0, 0.05) is 32.5 Å². The van der Waals surface area contributed by atoms with Crippen LogP contribution >= 0.6 is 0 Å². The van der Waals surface area contributed by atoms with Crippen molar-refractivity contribution in [1.82, 2.24) is 40.4 Å². The Morgan fingerprint density at radius 1 is 0.772 bits per heavy atom. The fourth-order valence-electron chi connectivity index (χ4n) is 8.27. The largest absolute Gasteiger partial charge is 0.380 e. The van der Waals surface area contributed by atoms with Crippen molar-refractivity contribution in [2.45, 2.75) is 89.2 Å². The number of likely N-dealkylation sites (tertiary alicyclic amines) is 2. The van der Waals surface area contributed by atoms with Crippen molar-refractivity contribution in [3.8, 4) is 33.6 Å². The van der Waals surface area contributed by atoms with E-state index >= 15 is 0 Å². The molecule has 2 amide bonds. The number of benzene rings is 2. The number of aromatic amines is 2. The van der Waals surface area contributed by atoms with Gasteiger partial charge < -0.3 is 34.0 Å². The third kappa shape index (κ3) is 8.37. The number of imidazole rings is 2. The molecule has 57 heavy (non-hydrogen) atoms. The summed E-state index contributed by atoms with van der Waals surface area (Å²) in [6.07, 6.45) is 12.1. The summed E-state index contributed by atoms with van der Waals surface area (Å²) in [7, 11) is 1.59. The van der Waals surface area contributed by atoms with E-state index in [1.807, 2.05) is 35.2 Å². The van der Waals surface area contributed by atoms with E-state index in [9.17, 15) is 9.59 Å². The monoisotopic (exact) mass is 775 g/mol. The van der Waals surface area contributed by atoms with Gasteiger partial charge in [0.25, 0.3) is 0 Å². The molecule has 6 atom stereocenters. The molecule has 4 aliphatic rings. The lowest BCUT2D eigenvalue weighted by atomic mass is 10.0. The SMILES string of the molecule is CO[C@H](C)[C@H](NC1OCO1)C(=O)N1CCC[C@H]1c1ncc(-c2ccc(-c3ccc(-c4cnc([C@@H]5CCCN5C(=O)[C@@H](NC5C=CC=NC5)C(C)C)[nH]4)cc3)cc2)[nH]1. The number of amides is 2. The summed E-state index contributed by atoms with van der Waals surface area (Å²) in [6, 6.07) is 15.8. The van der Waals surface area contributed by atoms with Crippen molar-refractivity contribution in [2.24, 2.45) is 10.9 Å². The van der Waals surface area contributed by atoms with Gasteiger partial charge in [-0.1, -0.05) is 68.5 Å². The number of H-pyrrole nitrogens is 2. The summed E-state index contributed by atoms with van der Waals surface area (Å²) in [5.74, 6) is 1.79. The summed E-state index contributed by atoms with van der Waals surface area (Å²) in [5, 5.41) is 6.68. The first-order valence-electron chi connectivity index (χ1n) is 20.1. The molecular weight excluding hydrogens is 723 g/mol. The molecule has 4 aromatic rings. The van der Waals surface area contributed by atoms with E-state index in [4.69, 9.17) is 24.2 Å². The second-order valence-electron chi connectivity index (χ2n) is 15.7. The van der Waals surface area contributed by atoms with Gasteiger partial charge in [-0.25, -0.2) is 9.97 Å². The Morgan fingerprint density at radius 2 is 1.30 bits per heavy atom. The number of allylic oxidation sites excluding steroid dienone is 1. The number of nitrogens with zero attached hydrogens (tertiary/aromatic N) is 5. The molecule has 4 aliphatic heterocycles. The van der Waals surface area contributed by atoms with Gasteiger partial charge >= 0.3 is 0 Å². The molecule has 0 radical (unpaired) electrons. The van der Waals surface area contributed by atoms with Crippen molar-refractivity contribution in [3.63, 3.8) is 0 Å². The highest BCUT2D eigenvalue weighted by Gasteiger charge is 2.40. The molecule has 0 bridgehead atoms. The van der Waals surface area contributed by atoms with E-state index < -0.39 is 12.5 Å². The maximum absolute atomic E-state index is 13.9. The molecule has 2 aromatic carbocycles. The second-order valence-corrected chi connectivity index (χ2v) is 15.7. The van der Waals surface area contributed by atoms with Crippen molar-refractivity contribution >= 4 is 18.0 Å². The quantitative estimate of drug-likeness (QED) is 0.132. The number of hydrogen-bond donors (Lipinski definition) is 4. The molecule has 8 rings (SSSR count). The minimum absolute atomic E-state index is 0.0534. The van der Waals surface area contributed by atoms with Crippen LogP contribution in [0, 0.1) is 5.92 Å². The number of rotatable bonds is 14. The van der Waals surface area contributed by atoms with E-state index in [-0.39, 0.29) is 54.8 Å². The number of carbonyl (C=O) groups excluding carboxylic acids is 2. The van der Waals surface area contributed by atoms with Crippen LogP contribution in [0.3, 0.4) is 0 Å². The highest BCUT2D eigenvalue weighted by Crippen LogP contribution is 2.35. The number of ether oxygens (including phenoxy) is 3. The first kappa shape index (κ1) is 38.9. The molecule has 0 saturated carbocycles. The molecule has 4 N–H and O–H groups in total. The Kier molecular flexibility index (Phi) is 11.8. The number of nitrogens with one attached hydrogen (secondary N) is 4. The lowest BCUT2D eigenvalue weighted by Gasteiger charge is -2.35. The summed E-state index contributed by atoms with van der Waals surface area (Å²) >= 11 is 0. The zero-order chi connectivity index (χ0) is 39.5. The van der Waals surface area contributed by atoms with Gasteiger partial charge in [-0.2, -0.15) is 0 Å². The summed E-state index contributed by atoms with van der Waals surface area (Å²) < 4.78 is 16.2. The lowest BCUT2D eigenvalue weighted by molar-refractivity contribution is -0.336. The average molecular weight is 776 g/mol. The number of hydrogen-bond acceptors (Lipinski definition) is 10. The molecule has 3 saturated heterocycles. The van der Waals surface area contributed by atoms with Crippen LogP contribution in [0.25, 0.3) is 33.6 Å². The van der Waals surface area contributed by atoms with Crippen LogP contribution in [0.4, 0.5) is 0 Å². The van der Waals surface area contributed by atoms with E-state index in [0.717, 1.165) is 77.5 Å². The zero-order valence-electron chi connectivity index (χ0n) is 33.1. The first-order valence-corrected chi connectivity index (χ1v) is 20.1. The molecule has 6 heterocycles. The van der Waals surface area contributed by atoms with Crippen molar-refractivity contribution < 1.29 is 23.8 Å². The van der Waals surface area contributed by atoms with Crippen LogP contribution < -0.4 is 10.6 Å².